The van der Waals surface area contributed by atoms with E-state index < -0.39 is 0 Å². The van der Waals surface area contributed by atoms with Crippen molar-refractivity contribution in [3.05, 3.63) is 0 Å². The van der Waals surface area contributed by atoms with Gasteiger partial charge in [0.15, 0.2) is 0 Å². The molecule has 7 heavy (non-hydrogen) atoms. The van der Waals surface area contributed by atoms with Crippen molar-refractivity contribution in [3.8, 4) is 0 Å². The number of nitrogens with zero attached hydrogens (tertiary/aromatic N) is 1. The third kappa shape index (κ3) is 1.12. The van der Waals surface area contributed by atoms with Crippen LogP contribution in [0.2, 0.25) is 0 Å². The molecule has 3 heteroatoms. The van der Waals surface area contributed by atoms with Gasteiger partial charge in [0.1, 0.15) is 6.23 Å². The summed E-state index contributed by atoms with van der Waals surface area (Å²) in [5.41, 5.74) is 6.67. The zero-order chi connectivity index (χ0) is 5.11. The highest BCUT2D eigenvalue weighted by Gasteiger charge is 2.11. The van der Waals surface area contributed by atoms with Crippen molar-refractivity contribution in [3.63, 3.8) is 0 Å². The van der Waals surface area contributed by atoms with Crippen LogP contribution in [0.3, 0.4) is 0 Å². The molecule has 1 aliphatic rings. The van der Waals surface area contributed by atoms with Crippen LogP contribution in [0.15, 0.2) is 0 Å². The van der Waals surface area contributed by atoms with Crippen molar-refractivity contribution in [1.29, 1.82) is 0 Å². The second-order valence-corrected chi connectivity index (χ2v) is 1.52. The maximum atomic E-state index is 4.91. The van der Waals surface area contributed by atoms with Gasteiger partial charge in [0.05, 0.1) is 0 Å². The van der Waals surface area contributed by atoms with Crippen LogP contribution in [0.1, 0.15) is 6.42 Å². The molecule has 0 saturated carbocycles. The van der Waals surface area contributed by atoms with Crippen LogP contribution in [0.5, 0.6) is 0 Å². The van der Waals surface area contributed by atoms with Crippen LogP contribution >= 0.6 is 0 Å². The SMILES string of the molecule is COC1CC[N]N1. The van der Waals surface area contributed by atoms with E-state index in [1.54, 1.807) is 7.11 Å². The molecular weight excluding hydrogens is 92.1 g/mol. The maximum Gasteiger partial charge on any atom is 0.122 e. The molecule has 1 unspecified atom stereocenters. The Bertz CT molecular complexity index is 51.7. The molecule has 0 aromatic carbocycles. The van der Waals surface area contributed by atoms with Crippen LogP contribution in [0.25, 0.3) is 0 Å². The fourth-order valence-corrected chi connectivity index (χ4v) is 0.583. The minimum Gasteiger partial charge on any atom is -0.365 e. The van der Waals surface area contributed by atoms with Crippen LogP contribution in [0.4, 0.5) is 0 Å². The number of rotatable bonds is 1. The summed E-state index contributed by atoms with van der Waals surface area (Å²) in [7, 11) is 1.68. The van der Waals surface area contributed by atoms with E-state index in [1.165, 1.54) is 0 Å². The van der Waals surface area contributed by atoms with Gasteiger partial charge in [-0.15, -0.1) is 0 Å². The summed E-state index contributed by atoms with van der Waals surface area (Å²) in [6, 6.07) is 0. The summed E-state index contributed by atoms with van der Waals surface area (Å²) >= 11 is 0. The summed E-state index contributed by atoms with van der Waals surface area (Å²) in [6.45, 7) is 0.887. The molecule has 3 nitrogen and oxygen atoms in total. The molecule has 0 spiro atoms. The topological polar surface area (TPSA) is 35.4 Å². The molecule has 1 radical (unpaired) electrons. The predicted molar refractivity (Wildman–Crippen MR) is 25.6 cm³/mol. The number of methoxy groups -OCH3 is 1. The number of nitrogens with one attached hydrogen (secondary N) is 1. The molecule has 1 fully saturated rings. The molecule has 0 aromatic rings. The minimum absolute atomic E-state index is 0.181. The lowest BCUT2D eigenvalue weighted by molar-refractivity contribution is 0.0859. The number of hydrogen-bond acceptors (Lipinski definition) is 2. The molecule has 1 rings (SSSR count). The first-order valence-electron chi connectivity index (χ1n) is 2.38. The highest BCUT2D eigenvalue weighted by molar-refractivity contribution is 4.59. The average molecular weight is 101 g/mol. The normalized spacial score (nSPS) is 31.3. The minimum atomic E-state index is 0.181. The Morgan fingerprint density at radius 2 is 2.71 bits per heavy atom. The Morgan fingerprint density at radius 1 is 1.86 bits per heavy atom. The first-order valence-corrected chi connectivity index (χ1v) is 2.38. The highest BCUT2D eigenvalue weighted by Crippen LogP contribution is 1.95. The molecule has 1 heterocycles. The Balaban J connectivity index is 2.14. The van der Waals surface area contributed by atoms with Crippen molar-refractivity contribution in [2.45, 2.75) is 12.6 Å². The van der Waals surface area contributed by atoms with Gasteiger partial charge in [0, 0.05) is 20.1 Å². The van der Waals surface area contributed by atoms with Gasteiger partial charge in [-0.25, -0.2) is 5.43 Å². The Hall–Kier alpha value is -0.120. The van der Waals surface area contributed by atoms with Gasteiger partial charge in [-0.2, -0.15) is 5.43 Å². The average Bonchev–Trinajstić information content (AvgIpc) is 2.14. The third-order valence-electron chi connectivity index (χ3n) is 1.02. The first-order chi connectivity index (χ1) is 3.43. The largest absolute Gasteiger partial charge is 0.365 e. The molecule has 41 valence electrons. The van der Waals surface area contributed by atoms with Gasteiger partial charge in [0.25, 0.3) is 0 Å². The van der Waals surface area contributed by atoms with Gasteiger partial charge < -0.3 is 4.74 Å². The summed E-state index contributed by atoms with van der Waals surface area (Å²) in [5.74, 6) is 0. The van der Waals surface area contributed by atoms with Gasteiger partial charge in [-0.3, -0.25) is 0 Å². The monoisotopic (exact) mass is 101 g/mol. The van der Waals surface area contributed by atoms with E-state index >= 15 is 0 Å². The van der Waals surface area contributed by atoms with Crippen molar-refractivity contribution in [1.82, 2.24) is 10.9 Å². The van der Waals surface area contributed by atoms with E-state index in [4.69, 9.17) is 4.74 Å². The fraction of sp³-hybridized carbons (Fsp3) is 1.00. The Morgan fingerprint density at radius 3 is 3.00 bits per heavy atom. The zero-order valence-corrected chi connectivity index (χ0v) is 4.35. The van der Waals surface area contributed by atoms with E-state index in [1.807, 2.05) is 0 Å². The van der Waals surface area contributed by atoms with Crippen molar-refractivity contribution in [2.75, 3.05) is 13.7 Å². The van der Waals surface area contributed by atoms with Gasteiger partial charge in [-0.05, 0) is 0 Å². The predicted octanol–water partition coefficient (Wildman–Crippen LogP) is -0.528. The van der Waals surface area contributed by atoms with Gasteiger partial charge in [-0.1, -0.05) is 0 Å². The molecular formula is C4H9N2O. The Labute approximate surface area is 43.0 Å². The standard InChI is InChI=1S/C4H9N2O/c1-7-4-2-3-5-6-4/h4,6H,2-3H2,1H3. The van der Waals surface area contributed by atoms with Crippen LogP contribution in [-0.2, 0) is 4.74 Å². The lowest BCUT2D eigenvalue weighted by Gasteiger charge is -2.02. The smallest absolute Gasteiger partial charge is 0.122 e. The highest BCUT2D eigenvalue weighted by atomic mass is 16.5. The van der Waals surface area contributed by atoms with Crippen molar-refractivity contribution in [2.24, 2.45) is 0 Å². The molecule has 0 aromatic heterocycles. The summed E-state index contributed by atoms with van der Waals surface area (Å²) in [4.78, 5) is 0. The van der Waals surface area contributed by atoms with Gasteiger partial charge >= 0.3 is 0 Å². The number of ether oxygens (including phenoxy) is 1. The lowest BCUT2D eigenvalue weighted by atomic mass is 10.4. The summed E-state index contributed by atoms with van der Waals surface area (Å²) in [6.07, 6.45) is 1.19. The summed E-state index contributed by atoms with van der Waals surface area (Å²) in [5, 5.41) is 0. The quantitative estimate of drug-likeness (QED) is 0.482. The maximum absolute atomic E-state index is 4.91. The van der Waals surface area contributed by atoms with E-state index in [9.17, 15) is 0 Å². The van der Waals surface area contributed by atoms with Crippen molar-refractivity contribution < 1.29 is 4.74 Å². The number of hydrogen-bond donors (Lipinski definition) is 1. The fourth-order valence-electron chi connectivity index (χ4n) is 0.583. The van der Waals surface area contributed by atoms with Crippen LogP contribution < -0.4 is 10.9 Å². The van der Waals surface area contributed by atoms with Crippen LogP contribution in [-0.4, -0.2) is 19.9 Å². The van der Waals surface area contributed by atoms with Crippen LogP contribution in [0, 0.1) is 0 Å². The molecule has 0 amide bonds. The molecule has 1 aliphatic heterocycles. The Kier molecular flexibility index (Phi) is 1.62. The molecule has 0 aliphatic carbocycles. The second-order valence-electron chi connectivity index (χ2n) is 1.52. The van der Waals surface area contributed by atoms with E-state index in [-0.39, 0.29) is 6.23 Å². The molecule has 1 atom stereocenters. The third-order valence-corrected chi connectivity index (χ3v) is 1.02. The van der Waals surface area contributed by atoms with E-state index in [0.717, 1.165) is 13.0 Å². The molecule has 0 bridgehead atoms. The summed E-state index contributed by atoms with van der Waals surface area (Å²) < 4.78 is 4.91. The second kappa shape index (κ2) is 2.26. The molecule has 1 N–H and O–H groups in total. The van der Waals surface area contributed by atoms with Crippen molar-refractivity contribution >= 4 is 0 Å². The first kappa shape index (κ1) is 5.03. The van der Waals surface area contributed by atoms with Gasteiger partial charge in [0.2, 0.25) is 0 Å². The van der Waals surface area contributed by atoms with E-state index in [2.05, 4.69) is 10.9 Å². The lowest BCUT2D eigenvalue weighted by Crippen LogP contribution is -2.26. The molecule has 1 saturated heterocycles. The zero-order valence-electron chi connectivity index (χ0n) is 4.35. The van der Waals surface area contributed by atoms with E-state index in [0.29, 0.717) is 0 Å².